The van der Waals surface area contributed by atoms with Crippen LogP contribution >= 0.6 is 0 Å². The summed E-state index contributed by atoms with van der Waals surface area (Å²) in [4.78, 5) is 4.64. The first-order valence-electron chi connectivity index (χ1n) is 9.11. The predicted octanol–water partition coefficient (Wildman–Crippen LogP) is 3.37. The summed E-state index contributed by atoms with van der Waals surface area (Å²) >= 11 is 0. The number of nitrogens with one attached hydrogen (secondary N) is 2. The van der Waals surface area contributed by atoms with Crippen LogP contribution in [0, 0.1) is 0 Å². The second-order valence-corrected chi connectivity index (χ2v) is 5.78. The average molecular weight is 359 g/mol. The van der Waals surface area contributed by atoms with Gasteiger partial charge < -0.3 is 24.5 Å². The summed E-state index contributed by atoms with van der Waals surface area (Å²) in [6.45, 7) is 6.92. The molecular weight excluding hydrogens is 330 g/mol. The lowest BCUT2D eigenvalue weighted by Crippen LogP contribution is -2.38. The van der Waals surface area contributed by atoms with E-state index < -0.39 is 0 Å². The Morgan fingerprint density at radius 1 is 1.15 bits per heavy atom. The zero-order valence-electron chi connectivity index (χ0n) is 15.9. The maximum atomic E-state index is 5.69. The first-order chi connectivity index (χ1) is 12.8. The molecule has 142 valence electrons. The summed E-state index contributed by atoms with van der Waals surface area (Å²) in [5.74, 6) is 3.25. The van der Waals surface area contributed by atoms with Gasteiger partial charge in [-0.05, 0) is 43.2 Å². The number of benzene rings is 1. The highest BCUT2D eigenvalue weighted by molar-refractivity contribution is 5.79. The van der Waals surface area contributed by atoms with E-state index in [1.165, 1.54) is 0 Å². The SMILES string of the molecule is CCCOc1ccc(CN=C(NCC)NCCc2ccco2)cc1OC. The van der Waals surface area contributed by atoms with E-state index in [1.54, 1.807) is 13.4 Å². The van der Waals surface area contributed by atoms with Crippen LogP contribution in [0.15, 0.2) is 46.0 Å². The third kappa shape index (κ3) is 6.35. The maximum absolute atomic E-state index is 5.69. The normalized spacial score (nSPS) is 11.3. The molecular formula is C20H29N3O3. The van der Waals surface area contributed by atoms with Gasteiger partial charge in [-0.2, -0.15) is 0 Å². The first kappa shape index (κ1) is 19.7. The Labute approximate surface area is 155 Å². The molecule has 2 N–H and O–H groups in total. The molecule has 2 rings (SSSR count). The van der Waals surface area contributed by atoms with Crippen LogP contribution in [0.25, 0.3) is 0 Å². The van der Waals surface area contributed by atoms with Gasteiger partial charge in [0.1, 0.15) is 5.76 Å². The molecule has 0 bridgehead atoms. The highest BCUT2D eigenvalue weighted by Crippen LogP contribution is 2.28. The van der Waals surface area contributed by atoms with Gasteiger partial charge in [-0.3, -0.25) is 0 Å². The van der Waals surface area contributed by atoms with E-state index in [-0.39, 0.29) is 0 Å². The van der Waals surface area contributed by atoms with Gasteiger partial charge in [0.15, 0.2) is 17.5 Å². The van der Waals surface area contributed by atoms with E-state index in [2.05, 4.69) is 22.5 Å². The third-order valence-corrected chi connectivity index (χ3v) is 3.70. The standard InChI is InChI=1S/C20H29N3O3/c1-4-12-26-18-9-8-16(14-19(18)24-3)15-23-20(21-5-2)22-11-10-17-7-6-13-25-17/h6-9,13-14H,4-5,10-12,15H2,1-3H3,(H2,21,22,23). The summed E-state index contributed by atoms with van der Waals surface area (Å²) in [6, 6.07) is 9.80. The van der Waals surface area contributed by atoms with E-state index in [0.29, 0.717) is 13.2 Å². The minimum absolute atomic E-state index is 0.556. The number of ether oxygens (including phenoxy) is 2. The highest BCUT2D eigenvalue weighted by atomic mass is 16.5. The number of rotatable bonds is 10. The molecule has 0 spiro atoms. The summed E-state index contributed by atoms with van der Waals surface area (Å²) in [6.07, 6.45) is 3.47. The van der Waals surface area contributed by atoms with Crippen LogP contribution in [-0.2, 0) is 13.0 Å². The lowest BCUT2D eigenvalue weighted by atomic mass is 10.2. The van der Waals surface area contributed by atoms with Crippen molar-refractivity contribution in [3.8, 4) is 11.5 Å². The van der Waals surface area contributed by atoms with E-state index in [0.717, 1.165) is 54.7 Å². The van der Waals surface area contributed by atoms with Crippen LogP contribution < -0.4 is 20.1 Å². The van der Waals surface area contributed by atoms with Crippen molar-refractivity contribution in [2.45, 2.75) is 33.2 Å². The zero-order chi connectivity index (χ0) is 18.6. The molecule has 2 aromatic rings. The van der Waals surface area contributed by atoms with Gasteiger partial charge in [-0.1, -0.05) is 13.0 Å². The van der Waals surface area contributed by atoms with Crippen molar-refractivity contribution in [1.82, 2.24) is 10.6 Å². The van der Waals surface area contributed by atoms with E-state index >= 15 is 0 Å². The van der Waals surface area contributed by atoms with Gasteiger partial charge in [0.05, 0.1) is 26.5 Å². The molecule has 0 amide bonds. The van der Waals surface area contributed by atoms with E-state index in [1.807, 2.05) is 37.3 Å². The molecule has 1 aromatic carbocycles. The number of methoxy groups -OCH3 is 1. The van der Waals surface area contributed by atoms with Crippen LogP contribution in [0.2, 0.25) is 0 Å². The fraction of sp³-hybridized carbons (Fsp3) is 0.450. The van der Waals surface area contributed by atoms with Crippen LogP contribution in [0.5, 0.6) is 11.5 Å². The topological polar surface area (TPSA) is 68.0 Å². The minimum atomic E-state index is 0.556. The lowest BCUT2D eigenvalue weighted by Gasteiger charge is -2.12. The maximum Gasteiger partial charge on any atom is 0.191 e. The molecule has 1 heterocycles. The predicted molar refractivity (Wildman–Crippen MR) is 104 cm³/mol. The molecule has 1 aromatic heterocycles. The van der Waals surface area contributed by atoms with Crippen molar-refractivity contribution in [2.24, 2.45) is 4.99 Å². The number of hydrogen-bond acceptors (Lipinski definition) is 4. The van der Waals surface area contributed by atoms with Crippen LogP contribution in [0.4, 0.5) is 0 Å². The summed E-state index contributed by atoms with van der Waals surface area (Å²) in [5.41, 5.74) is 1.06. The van der Waals surface area contributed by atoms with Crippen molar-refractivity contribution in [2.75, 3.05) is 26.8 Å². The van der Waals surface area contributed by atoms with Crippen LogP contribution in [0.1, 0.15) is 31.6 Å². The smallest absolute Gasteiger partial charge is 0.191 e. The fourth-order valence-electron chi connectivity index (χ4n) is 2.41. The Kier molecular flexibility index (Phi) is 8.39. The highest BCUT2D eigenvalue weighted by Gasteiger charge is 2.06. The van der Waals surface area contributed by atoms with Crippen molar-refractivity contribution >= 4 is 5.96 Å². The number of aliphatic imine (C=N–C) groups is 1. The number of hydrogen-bond donors (Lipinski definition) is 2. The second kappa shape index (κ2) is 11.1. The van der Waals surface area contributed by atoms with Crippen LogP contribution in [0.3, 0.4) is 0 Å². The molecule has 0 saturated carbocycles. The second-order valence-electron chi connectivity index (χ2n) is 5.78. The summed E-state index contributed by atoms with van der Waals surface area (Å²) < 4.78 is 16.5. The van der Waals surface area contributed by atoms with Crippen molar-refractivity contribution in [3.05, 3.63) is 47.9 Å². The Hall–Kier alpha value is -2.63. The van der Waals surface area contributed by atoms with Crippen molar-refractivity contribution < 1.29 is 13.9 Å². The van der Waals surface area contributed by atoms with Crippen LogP contribution in [-0.4, -0.2) is 32.8 Å². The van der Waals surface area contributed by atoms with Gasteiger partial charge >= 0.3 is 0 Å². The number of nitrogens with zero attached hydrogens (tertiary/aromatic N) is 1. The van der Waals surface area contributed by atoms with Gasteiger partial charge in [-0.25, -0.2) is 4.99 Å². The summed E-state index contributed by atoms with van der Waals surface area (Å²) in [5, 5.41) is 6.57. The Morgan fingerprint density at radius 2 is 2.04 bits per heavy atom. The Bertz CT molecular complexity index is 669. The molecule has 6 heteroatoms. The number of guanidine groups is 1. The molecule has 0 fully saturated rings. The van der Waals surface area contributed by atoms with Crippen molar-refractivity contribution in [3.63, 3.8) is 0 Å². The molecule has 0 aliphatic heterocycles. The Morgan fingerprint density at radius 3 is 2.73 bits per heavy atom. The third-order valence-electron chi connectivity index (χ3n) is 3.70. The molecule has 0 radical (unpaired) electrons. The van der Waals surface area contributed by atoms with Gasteiger partial charge in [0.25, 0.3) is 0 Å². The largest absolute Gasteiger partial charge is 0.493 e. The first-order valence-corrected chi connectivity index (χ1v) is 9.11. The van der Waals surface area contributed by atoms with Gasteiger partial charge in [-0.15, -0.1) is 0 Å². The molecule has 0 unspecified atom stereocenters. The van der Waals surface area contributed by atoms with Gasteiger partial charge in [0, 0.05) is 19.5 Å². The minimum Gasteiger partial charge on any atom is -0.493 e. The van der Waals surface area contributed by atoms with Crippen molar-refractivity contribution in [1.29, 1.82) is 0 Å². The number of furan rings is 1. The molecule has 0 aliphatic rings. The average Bonchev–Trinajstić information content (AvgIpc) is 3.18. The lowest BCUT2D eigenvalue weighted by molar-refractivity contribution is 0.294. The molecule has 26 heavy (non-hydrogen) atoms. The summed E-state index contributed by atoms with van der Waals surface area (Å²) in [7, 11) is 1.65. The quantitative estimate of drug-likeness (QED) is 0.503. The van der Waals surface area contributed by atoms with E-state index in [4.69, 9.17) is 13.9 Å². The molecule has 6 nitrogen and oxygen atoms in total. The molecule has 0 aliphatic carbocycles. The Balaban J connectivity index is 1.94. The van der Waals surface area contributed by atoms with Gasteiger partial charge in [0.2, 0.25) is 0 Å². The molecule has 0 atom stereocenters. The zero-order valence-corrected chi connectivity index (χ0v) is 15.9. The molecule has 0 saturated heterocycles. The fourth-order valence-corrected chi connectivity index (χ4v) is 2.41. The monoisotopic (exact) mass is 359 g/mol. The van der Waals surface area contributed by atoms with E-state index in [9.17, 15) is 0 Å².